The number of hydrogen-bond donors (Lipinski definition) is 2. The summed E-state index contributed by atoms with van der Waals surface area (Å²) < 4.78 is 25.7. The van der Waals surface area contributed by atoms with E-state index in [-0.39, 0.29) is 53.0 Å². The molecule has 0 aliphatic carbocycles. The smallest absolute Gasteiger partial charge is 0.251 e. The number of hydrogen-bond acceptors (Lipinski definition) is 5. The Bertz CT molecular complexity index is 1100. The molecule has 1 unspecified atom stereocenters. The third-order valence-corrected chi connectivity index (χ3v) is 7.51. The zero-order valence-electron chi connectivity index (χ0n) is 18.0. The van der Waals surface area contributed by atoms with E-state index < -0.39 is 27.5 Å². The molecule has 10 heteroatoms. The lowest BCUT2D eigenvalue weighted by atomic mass is 10.1. The summed E-state index contributed by atoms with van der Waals surface area (Å²) in [7, 11) is -3.81. The van der Waals surface area contributed by atoms with Gasteiger partial charge in [0.25, 0.3) is 5.91 Å². The van der Waals surface area contributed by atoms with Crippen molar-refractivity contribution in [2.24, 2.45) is 11.7 Å². The fraction of sp³-hybridized carbons (Fsp3) is 0.364. The number of sulfone groups is 1. The second kappa shape index (κ2) is 10.2. The third kappa shape index (κ3) is 5.61. The molecule has 0 bridgehead atoms. The Kier molecular flexibility index (Phi) is 8.33. The average molecular weight is 500 g/mol. The van der Waals surface area contributed by atoms with Crippen LogP contribution in [0.25, 0.3) is 0 Å². The number of nitrogens with two attached hydrogens (primary N) is 1. The molecule has 0 saturated heterocycles. The van der Waals surface area contributed by atoms with E-state index in [4.69, 9.17) is 17.3 Å². The maximum Gasteiger partial charge on any atom is 0.251 e. The number of carbonyl (C=O) groups excluding carboxylic acids is 2. The largest absolute Gasteiger partial charge is 0.349 e. The second-order valence-corrected chi connectivity index (χ2v) is 10.6. The van der Waals surface area contributed by atoms with E-state index in [1.54, 1.807) is 24.3 Å². The normalized spacial score (nSPS) is 18.4. The van der Waals surface area contributed by atoms with Gasteiger partial charge in [0.05, 0.1) is 28.9 Å². The summed E-state index contributed by atoms with van der Waals surface area (Å²) >= 11 is 5.95. The van der Waals surface area contributed by atoms with Crippen LogP contribution in [0.3, 0.4) is 0 Å². The summed E-state index contributed by atoms with van der Waals surface area (Å²) in [5.41, 5.74) is 7.10. The molecule has 3 N–H and O–H groups in total. The Hall–Kier alpha value is -2.13. The number of halogens is 2. The minimum Gasteiger partial charge on any atom is -0.349 e. The van der Waals surface area contributed by atoms with Crippen molar-refractivity contribution in [3.63, 3.8) is 0 Å². The topological polar surface area (TPSA) is 110 Å². The number of anilines is 1. The van der Waals surface area contributed by atoms with Crippen LogP contribution in [0.1, 0.15) is 36.7 Å². The first-order valence-electron chi connectivity index (χ1n) is 9.98. The lowest BCUT2D eigenvalue weighted by Gasteiger charge is -2.25. The number of rotatable bonds is 5. The molecule has 0 radical (unpaired) electrons. The molecule has 3 rings (SSSR count). The van der Waals surface area contributed by atoms with Gasteiger partial charge in [-0.2, -0.15) is 0 Å². The highest BCUT2D eigenvalue weighted by Gasteiger charge is 2.36. The number of fused-ring (bicyclic) bond motifs is 1. The Balaban J connectivity index is 0.00000363. The van der Waals surface area contributed by atoms with Crippen LogP contribution in [-0.4, -0.2) is 38.1 Å². The zero-order valence-corrected chi connectivity index (χ0v) is 20.4. The summed E-state index contributed by atoms with van der Waals surface area (Å²) in [4.78, 5) is 27.1. The molecule has 0 saturated carbocycles. The van der Waals surface area contributed by atoms with Crippen LogP contribution in [0.5, 0.6) is 0 Å². The van der Waals surface area contributed by atoms with Crippen molar-refractivity contribution in [1.82, 2.24) is 5.32 Å². The summed E-state index contributed by atoms with van der Waals surface area (Å²) in [6, 6.07) is 9.88. The predicted octanol–water partition coefficient (Wildman–Crippen LogP) is 3.18. The van der Waals surface area contributed by atoms with Crippen LogP contribution in [0.15, 0.2) is 47.4 Å². The van der Waals surface area contributed by atoms with E-state index in [1.807, 2.05) is 20.8 Å². The Morgan fingerprint density at radius 1 is 1.19 bits per heavy atom. The van der Waals surface area contributed by atoms with Crippen molar-refractivity contribution in [2.75, 3.05) is 10.7 Å². The van der Waals surface area contributed by atoms with E-state index in [0.29, 0.717) is 5.02 Å². The number of amides is 2. The maximum absolute atomic E-state index is 13.0. The molecule has 2 aromatic rings. The van der Waals surface area contributed by atoms with Gasteiger partial charge in [0.15, 0.2) is 9.84 Å². The van der Waals surface area contributed by atoms with Gasteiger partial charge >= 0.3 is 0 Å². The first kappa shape index (κ1) is 26.1. The first-order chi connectivity index (χ1) is 14.5. The molecule has 0 fully saturated rings. The summed E-state index contributed by atoms with van der Waals surface area (Å²) in [5, 5.41) is 3.44. The molecule has 32 heavy (non-hydrogen) atoms. The van der Waals surface area contributed by atoms with Gasteiger partial charge in [-0.25, -0.2) is 8.42 Å². The van der Waals surface area contributed by atoms with Gasteiger partial charge in [-0.15, -0.1) is 12.4 Å². The van der Waals surface area contributed by atoms with E-state index >= 15 is 0 Å². The lowest BCUT2D eigenvalue weighted by molar-refractivity contribution is -0.119. The Morgan fingerprint density at radius 3 is 2.41 bits per heavy atom. The fourth-order valence-corrected chi connectivity index (χ4v) is 4.93. The molecule has 1 aliphatic heterocycles. The minimum atomic E-state index is -3.81. The van der Waals surface area contributed by atoms with Crippen LogP contribution in [0.2, 0.25) is 5.02 Å². The van der Waals surface area contributed by atoms with Crippen molar-refractivity contribution < 1.29 is 18.0 Å². The van der Waals surface area contributed by atoms with Crippen molar-refractivity contribution in [2.45, 2.75) is 44.3 Å². The van der Waals surface area contributed by atoms with Crippen LogP contribution in [0, 0.1) is 5.92 Å². The molecule has 2 aromatic carbocycles. The SMILES string of the molecule is CC(C)C(C)NC(=O)c1ccc2c(c1)N(Cc1ccc(Cl)cc1)C(=O)[C@@H](N)CS2(=O)=O.Cl. The summed E-state index contributed by atoms with van der Waals surface area (Å²) in [6.07, 6.45) is 0. The van der Waals surface area contributed by atoms with Crippen molar-refractivity contribution in [3.8, 4) is 0 Å². The second-order valence-electron chi connectivity index (χ2n) is 8.13. The van der Waals surface area contributed by atoms with Gasteiger partial charge in [-0.05, 0) is 48.7 Å². The maximum atomic E-state index is 13.0. The molecule has 174 valence electrons. The molecule has 0 spiro atoms. The third-order valence-electron chi connectivity index (χ3n) is 5.44. The van der Waals surface area contributed by atoms with Gasteiger partial charge in [0.2, 0.25) is 5.91 Å². The molecule has 7 nitrogen and oxygen atoms in total. The van der Waals surface area contributed by atoms with Gasteiger partial charge in [-0.3, -0.25) is 9.59 Å². The standard InChI is InChI=1S/C22H26ClN3O4S.ClH/c1-13(2)14(3)25-21(27)16-6-9-20-19(10-16)26(11-15-4-7-17(23)8-5-15)22(28)18(24)12-31(20,29)30;/h4-10,13-14,18H,11-12,24H2,1-3H3,(H,25,27);1H/t14?,18-;/m0./s1. The zero-order chi connectivity index (χ0) is 22.9. The fourth-order valence-electron chi connectivity index (χ4n) is 3.24. The average Bonchev–Trinajstić information content (AvgIpc) is 2.77. The van der Waals surface area contributed by atoms with Gasteiger partial charge in [-0.1, -0.05) is 37.6 Å². The molecular formula is C22H27Cl2N3O4S. The minimum absolute atomic E-state index is 0. The number of carbonyl (C=O) groups is 2. The number of nitrogens with zero attached hydrogens (tertiary/aromatic N) is 1. The molecule has 1 heterocycles. The predicted molar refractivity (Wildman–Crippen MR) is 128 cm³/mol. The highest BCUT2D eigenvalue weighted by molar-refractivity contribution is 7.91. The monoisotopic (exact) mass is 499 g/mol. The first-order valence-corrected chi connectivity index (χ1v) is 12.0. The van der Waals surface area contributed by atoms with Crippen molar-refractivity contribution in [1.29, 1.82) is 0 Å². The summed E-state index contributed by atoms with van der Waals surface area (Å²) in [6.45, 7) is 5.97. The Labute approximate surface area is 199 Å². The molecule has 1 aliphatic rings. The quantitative estimate of drug-likeness (QED) is 0.656. The van der Waals surface area contributed by atoms with Crippen LogP contribution >= 0.6 is 24.0 Å². The molecule has 2 atom stereocenters. The van der Waals surface area contributed by atoms with Crippen molar-refractivity contribution >= 4 is 51.3 Å². The number of nitrogens with one attached hydrogen (secondary N) is 1. The van der Waals surface area contributed by atoms with Crippen LogP contribution < -0.4 is 16.0 Å². The number of benzene rings is 2. The summed E-state index contributed by atoms with van der Waals surface area (Å²) in [5.74, 6) is -1.13. The molecule has 2 amide bonds. The van der Waals surface area contributed by atoms with Crippen molar-refractivity contribution in [3.05, 3.63) is 58.6 Å². The van der Waals surface area contributed by atoms with E-state index in [0.717, 1.165) is 5.56 Å². The highest BCUT2D eigenvalue weighted by atomic mass is 35.5. The van der Waals surface area contributed by atoms with Gasteiger partial charge < -0.3 is 16.0 Å². The van der Waals surface area contributed by atoms with Gasteiger partial charge in [0.1, 0.15) is 0 Å². The van der Waals surface area contributed by atoms with E-state index in [1.165, 1.54) is 23.1 Å². The Morgan fingerprint density at radius 2 is 1.81 bits per heavy atom. The van der Waals surface area contributed by atoms with Crippen LogP contribution in [-0.2, 0) is 21.2 Å². The lowest BCUT2D eigenvalue weighted by Crippen LogP contribution is -2.45. The molecular weight excluding hydrogens is 473 g/mol. The van der Waals surface area contributed by atoms with E-state index in [2.05, 4.69) is 5.32 Å². The molecule has 0 aromatic heterocycles. The van der Waals surface area contributed by atoms with Crippen LogP contribution in [0.4, 0.5) is 5.69 Å². The highest BCUT2D eigenvalue weighted by Crippen LogP contribution is 2.32. The van der Waals surface area contributed by atoms with Gasteiger partial charge in [0, 0.05) is 16.6 Å². The van der Waals surface area contributed by atoms with E-state index in [9.17, 15) is 18.0 Å².